The Morgan fingerprint density at radius 2 is 2.47 bits per heavy atom. The SMILES string of the molecule is CCCOc1cccnc1N1CCN[C@H](C)C1. The lowest BCUT2D eigenvalue weighted by atomic mass is 10.2. The molecular formula is C13H21N3O. The fraction of sp³-hybridized carbons (Fsp3) is 0.615. The minimum Gasteiger partial charge on any atom is -0.490 e. The molecule has 0 aromatic carbocycles. The highest BCUT2D eigenvalue weighted by Gasteiger charge is 2.19. The minimum atomic E-state index is 0.504. The van der Waals surface area contributed by atoms with Crippen LogP contribution in [0.2, 0.25) is 0 Å². The van der Waals surface area contributed by atoms with Gasteiger partial charge >= 0.3 is 0 Å². The number of aromatic nitrogens is 1. The van der Waals surface area contributed by atoms with Crippen molar-refractivity contribution in [1.29, 1.82) is 0 Å². The topological polar surface area (TPSA) is 37.4 Å². The number of hydrogen-bond acceptors (Lipinski definition) is 4. The number of pyridine rings is 1. The van der Waals surface area contributed by atoms with Crippen LogP contribution in [-0.2, 0) is 0 Å². The summed E-state index contributed by atoms with van der Waals surface area (Å²) >= 11 is 0. The summed E-state index contributed by atoms with van der Waals surface area (Å²) in [6.07, 6.45) is 2.85. The van der Waals surface area contributed by atoms with Crippen LogP contribution in [0.1, 0.15) is 20.3 Å². The average molecular weight is 235 g/mol. The number of piperazine rings is 1. The first-order valence-corrected chi connectivity index (χ1v) is 6.37. The van der Waals surface area contributed by atoms with E-state index in [0.717, 1.165) is 44.2 Å². The zero-order chi connectivity index (χ0) is 12.1. The monoisotopic (exact) mass is 235 g/mol. The third-order valence-electron chi connectivity index (χ3n) is 2.88. The van der Waals surface area contributed by atoms with E-state index < -0.39 is 0 Å². The highest BCUT2D eigenvalue weighted by Crippen LogP contribution is 2.26. The van der Waals surface area contributed by atoms with Crippen molar-refractivity contribution in [2.75, 3.05) is 31.1 Å². The van der Waals surface area contributed by atoms with Gasteiger partial charge < -0.3 is 15.0 Å². The lowest BCUT2D eigenvalue weighted by Gasteiger charge is -2.33. The Morgan fingerprint density at radius 3 is 3.24 bits per heavy atom. The second-order valence-corrected chi connectivity index (χ2v) is 4.47. The average Bonchev–Trinajstić information content (AvgIpc) is 2.37. The van der Waals surface area contributed by atoms with Gasteiger partial charge in [0.25, 0.3) is 0 Å². The first kappa shape index (κ1) is 12.2. The summed E-state index contributed by atoms with van der Waals surface area (Å²) < 4.78 is 5.75. The highest BCUT2D eigenvalue weighted by atomic mass is 16.5. The van der Waals surface area contributed by atoms with Crippen LogP contribution >= 0.6 is 0 Å². The van der Waals surface area contributed by atoms with Crippen LogP contribution in [0.4, 0.5) is 5.82 Å². The Hall–Kier alpha value is -1.29. The second-order valence-electron chi connectivity index (χ2n) is 4.47. The smallest absolute Gasteiger partial charge is 0.171 e. The molecular weight excluding hydrogens is 214 g/mol. The molecule has 0 spiro atoms. The molecule has 4 nitrogen and oxygen atoms in total. The summed E-state index contributed by atoms with van der Waals surface area (Å²) in [5.41, 5.74) is 0. The lowest BCUT2D eigenvalue weighted by Crippen LogP contribution is -2.49. The number of nitrogens with one attached hydrogen (secondary N) is 1. The highest BCUT2D eigenvalue weighted by molar-refractivity contribution is 5.52. The van der Waals surface area contributed by atoms with E-state index in [9.17, 15) is 0 Å². The van der Waals surface area contributed by atoms with Gasteiger partial charge in [-0.2, -0.15) is 0 Å². The van der Waals surface area contributed by atoms with Crippen molar-refractivity contribution in [2.24, 2.45) is 0 Å². The molecule has 1 aromatic heterocycles. The number of rotatable bonds is 4. The van der Waals surface area contributed by atoms with E-state index in [2.05, 4.69) is 29.0 Å². The van der Waals surface area contributed by atoms with Gasteiger partial charge in [-0.1, -0.05) is 6.92 Å². The molecule has 2 heterocycles. The van der Waals surface area contributed by atoms with Gasteiger partial charge in [0.05, 0.1) is 6.61 Å². The first-order valence-electron chi connectivity index (χ1n) is 6.37. The summed E-state index contributed by atoms with van der Waals surface area (Å²) in [5, 5.41) is 3.43. The fourth-order valence-corrected chi connectivity index (χ4v) is 2.07. The predicted molar refractivity (Wildman–Crippen MR) is 69.7 cm³/mol. The quantitative estimate of drug-likeness (QED) is 0.861. The van der Waals surface area contributed by atoms with Gasteiger partial charge in [0, 0.05) is 31.9 Å². The summed E-state index contributed by atoms with van der Waals surface area (Å²) in [5.74, 6) is 1.89. The zero-order valence-electron chi connectivity index (χ0n) is 10.6. The molecule has 0 saturated carbocycles. The standard InChI is InChI=1S/C13H21N3O/c1-3-9-17-12-5-4-6-15-13(12)16-8-7-14-11(2)10-16/h4-6,11,14H,3,7-10H2,1-2H3/t11-/m1/s1. The van der Waals surface area contributed by atoms with E-state index in [1.54, 1.807) is 0 Å². The van der Waals surface area contributed by atoms with Crippen LogP contribution in [0.15, 0.2) is 18.3 Å². The van der Waals surface area contributed by atoms with E-state index in [1.165, 1.54) is 0 Å². The number of hydrogen-bond donors (Lipinski definition) is 1. The third-order valence-corrected chi connectivity index (χ3v) is 2.88. The second kappa shape index (κ2) is 5.87. The molecule has 4 heteroatoms. The van der Waals surface area contributed by atoms with Gasteiger partial charge in [-0.25, -0.2) is 4.98 Å². The molecule has 1 aliphatic rings. The van der Waals surface area contributed by atoms with Gasteiger partial charge in [0.15, 0.2) is 11.6 Å². The van der Waals surface area contributed by atoms with Crippen LogP contribution in [0.3, 0.4) is 0 Å². The molecule has 0 radical (unpaired) electrons. The van der Waals surface area contributed by atoms with Crippen LogP contribution in [0.25, 0.3) is 0 Å². The van der Waals surface area contributed by atoms with E-state index in [1.807, 2.05) is 18.3 Å². The molecule has 1 N–H and O–H groups in total. The molecule has 0 bridgehead atoms. The van der Waals surface area contributed by atoms with Crippen LogP contribution in [-0.4, -0.2) is 37.3 Å². The number of ether oxygens (including phenoxy) is 1. The van der Waals surface area contributed by atoms with Gasteiger partial charge in [-0.3, -0.25) is 0 Å². The van der Waals surface area contributed by atoms with Crippen molar-refractivity contribution in [3.05, 3.63) is 18.3 Å². The van der Waals surface area contributed by atoms with Crippen molar-refractivity contribution in [3.8, 4) is 5.75 Å². The first-order chi connectivity index (χ1) is 8.31. The molecule has 1 aliphatic heterocycles. The maximum Gasteiger partial charge on any atom is 0.171 e. The van der Waals surface area contributed by atoms with E-state index in [-0.39, 0.29) is 0 Å². The molecule has 0 unspecified atom stereocenters. The van der Waals surface area contributed by atoms with Crippen LogP contribution < -0.4 is 15.0 Å². The van der Waals surface area contributed by atoms with Crippen molar-refractivity contribution in [2.45, 2.75) is 26.3 Å². The fourth-order valence-electron chi connectivity index (χ4n) is 2.07. The largest absolute Gasteiger partial charge is 0.490 e. The Labute approximate surface area is 103 Å². The number of nitrogens with zero attached hydrogens (tertiary/aromatic N) is 2. The molecule has 1 aromatic rings. The summed E-state index contributed by atoms with van der Waals surface area (Å²) in [7, 11) is 0. The Kier molecular flexibility index (Phi) is 4.20. The number of anilines is 1. The third kappa shape index (κ3) is 3.09. The van der Waals surface area contributed by atoms with Crippen LogP contribution in [0.5, 0.6) is 5.75 Å². The van der Waals surface area contributed by atoms with Gasteiger partial charge in [0.1, 0.15) is 0 Å². The van der Waals surface area contributed by atoms with Crippen molar-refractivity contribution in [3.63, 3.8) is 0 Å². The van der Waals surface area contributed by atoms with Crippen molar-refractivity contribution in [1.82, 2.24) is 10.3 Å². The Bertz CT molecular complexity index is 356. The van der Waals surface area contributed by atoms with Gasteiger partial charge in [0.2, 0.25) is 0 Å². The molecule has 1 atom stereocenters. The van der Waals surface area contributed by atoms with E-state index in [0.29, 0.717) is 6.04 Å². The molecule has 17 heavy (non-hydrogen) atoms. The molecule has 0 amide bonds. The van der Waals surface area contributed by atoms with E-state index >= 15 is 0 Å². The predicted octanol–water partition coefficient (Wildman–Crippen LogP) is 1.67. The maximum absolute atomic E-state index is 5.75. The molecule has 1 saturated heterocycles. The summed E-state index contributed by atoms with van der Waals surface area (Å²) in [6.45, 7) is 8.04. The molecule has 1 fully saturated rings. The zero-order valence-corrected chi connectivity index (χ0v) is 10.6. The van der Waals surface area contributed by atoms with Crippen LogP contribution in [0, 0.1) is 0 Å². The minimum absolute atomic E-state index is 0.504. The van der Waals surface area contributed by atoms with Crippen molar-refractivity contribution >= 4 is 5.82 Å². The van der Waals surface area contributed by atoms with Gasteiger partial charge in [-0.15, -0.1) is 0 Å². The summed E-state index contributed by atoms with van der Waals surface area (Å²) in [4.78, 5) is 6.76. The lowest BCUT2D eigenvalue weighted by molar-refractivity contribution is 0.315. The van der Waals surface area contributed by atoms with Gasteiger partial charge in [-0.05, 0) is 25.5 Å². The van der Waals surface area contributed by atoms with Crippen molar-refractivity contribution < 1.29 is 4.74 Å². The maximum atomic E-state index is 5.75. The van der Waals surface area contributed by atoms with E-state index in [4.69, 9.17) is 4.74 Å². The summed E-state index contributed by atoms with van der Waals surface area (Å²) in [6, 6.07) is 4.44. The molecule has 2 rings (SSSR count). The Morgan fingerprint density at radius 1 is 1.59 bits per heavy atom. The molecule has 94 valence electrons. The molecule has 0 aliphatic carbocycles. The Balaban J connectivity index is 2.12. The normalized spacial score (nSPS) is 20.4.